The van der Waals surface area contributed by atoms with Crippen molar-refractivity contribution in [3.63, 3.8) is 0 Å². The standard InChI is InChI=1S/C23H25N5O5S2/c1-4-26-22(32)16(35-23(26)34)10-14-19(25-17-7-6-13(3)12-28(17)21(14)31)27-9-8-24-20(30)15(27)11-18(29)33-5-2/h6-7,10,12,15H,4-5,8-9,11H2,1-3H3,(H,24,30). The topological polar surface area (TPSA) is 113 Å². The molecule has 0 bridgehead atoms. The monoisotopic (exact) mass is 515 g/mol. The Labute approximate surface area is 211 Å². The number of amides is 2. The number of piperazine rings is 1. The first-order valence-corrected chi connectivity index (χ1v) is 12.5. The van der Waals surface area contributed by atoms with E-state index in [1.165, 1.54) is 15.4 Å². The predicted octanol–water partition coefficient (Wildman–Crippen LogP) is 1.48. The molecule has 2 fully saturated rings. The number of anilines is 1. The normalized spacial score (nSPS) is 19.6. The average molecular weight is 516 g/mol. The Balaban J connectivity index is 1.90. The molecule has 35 heavy (non-hydrogen) atoms. The molecule has 0 saturated carbocycles. The van der Waals surface area contributed by atoms with Crippen molar-refractivity contribution in [2.75, 3.05) is 31.1 Å². The largest absolute Gasteiger partial charge is 0.466 e. The molecule has 2 saturated heterocycles. The van der Waals surface area contributed by atoms with Crippen LogP contribution in [0.3, 0.4) is 0 Å². The van der Waals surface area contributed by atoms with Crippen molar-refractivity contribution >= 4 is 63.6 Å². The molecule has 0 spiro atoms. The molecule has 4 rings (SSSR count). The van der Waals surface area contributed by atoms with Crippen molar-refractivity contribution in [2.45, 2.75) is 33.2 Å². The number of hydrogen-bond acceptors (Lipinski definition) is 9. The summed E-state index contributed by atoms with van der Waals surface area (Å²) in [6, 6.07) is 2.63. The zero-order chi connectivity index (χ0) is 25.3. The average Bonchev–Trinajstić information content (AvgIpc) is 3.09. The van der Waals surface area contributed by atoms with Crippen molar-refractivity contribution in [3.05, 3.63) is 44.7 Å². The fraction of sp³-hybridized carbons (Fsp3) is 0.391. The lowest BCUT2D eigenvalue weighted by Crippen LogP contribution is -2.57. The van der Waals surface area contributed by atoms with Crippen LogP contribution in [0.5, 0.6) is 0 Å². The van der Waals surface area contributed by atoms with Crippen LogP contribution in [0.2, 0.25) is 0 Å². The second-order valence-electron chi connectivity index (χ2n) is 8.02. The fourth-order valence-corrected chi connectivity index (χ4v) is 5.41. The maximum Gasteiger partial charge on any atom is 0.308 e. The van der Waals surface area contributed by atoms with Gasteiger partial charge in [0.1, 0.15) is 21.8 Å². The third-order valence-electron chi connectivity index (χ3n) is 5.72. The lowest BCUT2D eigenvalue weighted by atomic mass is 10.1. The van der Waals surface area contributed by atoms with Crippen LogP contribution in [0.1, 0.15) is 31.4 Å². The summed E-state index contributed by atoms with van der Waals surface area (Å²) in [7, 11) is 0. The number of pyridine rings is 1. The molecule has 2 aliphatic rings. The first-order chi connectivity index (χ1) is 16.7. The summed E-state index contributed by atoms with van der Waals surface area (Å²) in [5.74, 6) is -0.956. The van der Waals surface area contributed by atoms with Gasteiger partial charge in [-0.15, -0.1) is 0 Å². The summed E-state index contributed by atoms with van der Waals surface area (Å²) in [4.78, 5) is 59.7. The molecule has 1 N–H and O–H groups in total. The number of fused-ring (bicyclic) bond motifs is 1. The summed E-state index contributed by atoms with van der Waals surface area (Å²) < 4.78 is 6.88. The summed E-state index contributed by atoms with van der Waals surface area (Å²) in [5.41, 5.74) is 0.995. The van der Waals surface area contributed by atoms with Crippen LogP contribution < -0.4 is 15.8 Å². The smallest absolute Gasteiger partial charge is 0.308 e. The third kappa shape index (κ3) is 4.80. The summed E-state index contributed by atoms with van der Waals surface area (Å²) in [6.07, 6.45) is 2.95. The highest BCUT2D eigenvalue weighted by Crippen LogP contribution is 2.34. The Kier molecular flexibility index (Phi) is 7.22. The second-order valence-corrected chi connectivity index (χ2v) is 9.70. The molecular formula is C23H25N5O5S2. The van der Waals surface area contributed by atoms with E-state index in [2.05, 4.69) is 5.32 Å². The number of rotatable bonds is 6. The highest BCUT2D eigenvalue weighted by atomic mass is 32.2. The number of thioether (sulfide) groups is 1. The van der Waals surface area contributed by atoms with Gasteiger partial charge in [-0.05, 0) is 38.5 Å². The van der Waals surface area contributed by atoms with Gasteiger partial charge in [-0.25, -0.2) is 4.98 Å². The highest BCUT2D eigenvalue weighted by molar-refractivity contribution is 8.26. The van der Waals surface area contributed by atoms with Gasteiger partial charge in [0.2, 0.25) is 5.91 Å². The molecule has 0 radical (unpaired) electrons. The van der Waals surface area contributed by atoms with E-state index in [4.69, 9.17) is 21.9 Å². The molecular weight excluding hydrogens is 490 g/mol. The fourth-order valence-electron chi connectivity index (χ4n) is 4.04. The zero-order valence-electron chi connectivity index (χ0n) is 19.6. The van der Waals surface area contributed by atoms with E-state index in [1.807, 2.05) is 19.9 Å². The van der Waals surface area contributed by atoms with Crippen molar-refractivity contribution < 1.29 is 19.1 Å². The number of thiocarbonyl (C=S) groups is 1. The molecule has 0 aromatic carbocycles. The maximum atomic E-state index is 13.7. The van der Waals surface area contributed by atoms with Crippen molar-refractivity contribution in [2.24, 2.45) is 0 Å². The molecule has 2 aromatic heterocycles. The highest BCUT2D eigenvalue weighted by Gasteiger charge is 2.36. The third-order valence-corrected chi connectivity index (χ3v) is 7.10. The number of ether oxygens (including phenoxy) is 1. The van der Waals surface area contributed by atoms with Crippen LogP contribution in [-0.4, -0.2) is 68.7 Å². The second kappa shape index (κ2) is 10.2. The molecule has 2 aromatic rings. The number of nitrogens with zero attached hydrogens (tertiary/aromatic N) is 4. The molecule has 1 atom stereocenters. The minimum absolute atomic E-state index is 0.147. The number of hydrogen-bond donors (Lipinski definition) is 1. The Hall–Kier alpha value is -3.25. The van der Waals surface area contributed by atoms with E-state index in [1.54, 1.807) is 24.1 Å². The van der Waals surface area contributed by atoms with Crippen LogP contribution in [0.4, 0.5) is 5.82 Å². The minimum Gasteiger partial charge on any atom is -0.466 e. The van der Waals surface area contributed by atoms with E-state index in [-0.39, 0.29) is 36.2 Å². The van der Waals surface area contributed by atoms with Gasteiger partial charge in [-0.1, -0.05) is 30.0 Å². The number of carbonyl (C=O) groups is 3. The van der Waals surface area contributed by atoms with Crippen LogP contribution in [0.25, 0.3) is 11.7 Å². The predicted molar refractivity (Wildman–Crippen MR) is 137 cm³/mol. The molecule has 184 valence electrons. The summed E-state index contributed by atoms with van der Waals surface area (Å²) >= 11 is 6.43. The lowest BCUT2D eigenvalue weighted by Gasteiger charge is -2.36. The number of nitrogens with one attached hydrogen (secondary N) is 1. The van der Waals surface area contributed by atoms with Gasteiger partial charge in [-0.3, -0.25) is 28.5 Å². The van der Waals surface area contributed by atoms with Gasteiger partial charge in [0.25, 0.3) is 11.5 Å². The minimum atomic E-state index is -0.917. The molecule has 2 amide bonds. The van der Waals surface area contributed by atoms with Gasteiger partial charge < -0.3 is 15.0 Å². The van der Waals surface area contributed by atoms with Crippen LogP contribution >= 0.6 is 24.0 Å². The summed E-state index contributed by atoms with van der Waals surface area (Å²) in [5, 5.41) is 2.76. The molecule has 0 aliphatic carbocycles. The van der Waals surface area contributed by atoms with E-state index in [0.29, 0.717) is 34.5 Å². The lowest BCUT2D eigenvalue weighted by molar-refractivity contribution is -0.145. The van der Waals surface area contributed by atoms with Gasteiger partial charge in [0, 0.05) is 25.8 Å². The van der Waals surface area contributed by atoms with Gasteiger partial charge >= 0.3 is 5.97 Å². The van der Waals surface area contributed by atoms with E-state index >= 15 is 0 Å². The van der Waals surface area contributed by atoms with E-state index in [0.717, 1.165) is 17.3 Å². The van der Waals surface area contributed by atoms with Crippen molar-refractivity contribution in [1.29, 1.82) is 0 Å². The zero-order valence-corrected chi connectivity index (χ0v) is 21.2. The Morgan fingerprint density at radius 2 is 2.09 bits per heavy atom. The quantitative estimate of drug-likeness (QED) is 0.347. The van der Waals surface area contributed by atoms with Gasteiger partial charge in [0.15, 0.2) is 0 Å². The van der Waals surface area contributed by atoms with Crippen LogP contribution in [-0.2, 0) is 19.1 Å². The van der Waals surface area contributed by atoms with E-state index < -0.39 is 17.6 Å². The number of aryl methyl sites for hydroxylation is 1. The molecule has 1 unspecified atom stereocenters. The molecule has 4 heterocycles. The first kappa shape index (κ1) is 24.9. The molecule has 2 aliphatic heterocycles. The van der Waals surface area contributed by atoms with E-state index in [9.17, 15) is 19.2 Å². The summed E-state index contributed by atoms with van der Waals surface area (Å²) in [6.45, 7) is 6.60. The van der Waals surface area contributed by atoms with Crippen molar-refractivity contribution in [3.8, 4) is 0 Å². The Morgan fingerprint density at radius 1 is 1.31 bits per heavy atom. The van der Waals surface area contributed by atoms with Crippen LogP contribution in [0, 0.1) is 6.92 Å². The SMILES string of the molecule is CCOC(=O)CC1C(=O)NCCN1c1nc2ccc(C)cn2c(=O)c1C=C1SC(=S)N(CC)C1=O. The van der Waals surface area contributed by atoms with Gasteiger partial charge in [0.05, 0.1) is 23.5 Å². The van der Waals surface area contributed by atoms with Crippen LogP contribution in [0.15, 0.2) is 28.0 Å². The Morgan fingerprint density at radius 3 is 2.77 bits per heavy atom. The number of likely N-dealkylation sites (N-methyl/N-ethyl adjacent to an activating group) is 1. The number of esters is 1. The number of aromatic nitrogens is 2. The molecule has 12 heteroatoms. The Bertz CT molecular complexity index is 1320. The van der Waals surface area contributed by atoms with Gasteiger partial charge in [-0.2, -0.15) is 0 Å². The van der Waals surface area contributed by atoms with Crippen molar-refractivity contribution in [1.82, 2.24) is 19.6 Å². The molecule has 10 nitrogen and oxygen atoms in total. The maximum absolute atomic E-state index is 13.7. The first-order valence-electron chi connectivity index (χ1n) is 11.2. The number of carbonyl (C=O) groups excluding carboxylic acids is 3.